The molecule has 1 N–H and O–H groups in total. The molecule has 33 heavy (non-hydrogen) atoms. The summed E-state index contributed by atoms with van der Waals surface area (Å²) in [5.74, 6) is 0.0514. The van der Waals surface area contributed by atoms with Crippen molar-refractivity contribution in [3.8, 4) is 0 Å². The highest BCUT2D eigenvalue weighted by Gasteiger charge is 2.42. The van der Waals surface area contributed by atoms with Gasteiger partial charge in [-0.25, -0.2) is 16.8 Å². The number of aryl methyl sites for hydroxylation is 1. The van der Waals surface area contributed by atoms with Crippen molar-refractivity contribution in [1.29, 1.82) is 0 Å². The summed E-state index contributed by atoms with van der Waals surface area (Å²) in [7, 11) is -6.95. The number of carbonyl (C=O) groups excluding carboxylic acids is 1. The normalized spacial score (nSPS) is 27.1. The van der Waals surface area contributed by atoms with Crippen LogP contribution in [0.4, 0.5) is 0 Å². The third-order valence-corrected chi connectivity index (χ3v) is 11.2. The average molecular weight is 498 g/mol. The van der Waals surface area contributed by atoms with Crippen molar-refractivity contribution in [2.45, 2.75) is 63.4 Å². The van der Waals surface area contributed by atoms with Crippen LogP contribution in [0.3, 0.4) is 0 Å². The van der Waals surface area contributed by atoms with Gasteiger partial charge < -0.3 is 5.32 Å². The van der Waals surface area contributed by atoms with Crippen LogP contribution in [-0.4, -0.2) is 81.7 Å². The molecule has 3 aliphatic rings. The Hall–Kier alpha value is -1.49. The Kier molecular flexibility index (Phi) is 6.93. The second kappa shape index (κ2) is 9.28. The molecule has 3 saturated heterocycles. The molecule has 2 unspecified atom stereocenters. The summed E-state index contributed by atoms with van der Waals surface area (Å²) in [6, 6.07) is 2.42. The summed E-state index contributed by atoms with van der Waals surface area (Å²) < 4.78 is 53.0. The van der Waals surface area contributed by atoms with Gasteiger partial charge in [0.15, 0.2) is 9.84 Å². The van der Waals surface area contributed by atoms with Crippen LogP contribution < -0.4 is 5.32 Å². The topological polar surface area (TPSA) is 104 Å². The lowest BCUT2D eigenvalue weighted by molar-refractivity contribution is 0.0918. The number of piperidine rings is 1. The Balaban J connectivity index is 1.59. The van der Waals surface area contributed by atoms with Gasteiger partial charge in [-0.1, -0.05) is 6.92 Å². The summed E-state index contributed by atoms with van der Waals surface area (Å²) in [4.78, 5) is 15.5. The van der Waals surface area contributed by atoms with Gasteiger partial charge in [0.05, 0.1) is 22.4 Å². The molecular formula is C23H35N3O5S2. The fraction of sp³-hybridized carbons (Fsp3) is 0.696. The maximum atomic E-state index is 13.4. The number of hydrogen-bond acceptors (Lipinski definition) is 6. The molecule has 1 aromatic carbocycles. The first-order valence-electron chi connectivity index (χ1n) is 11.8. The molecule has 3 heterocycles. The van der Waals surface area contributed by atoms with Gasteiger partial charge in [0, 0.05) is 24.7 Å². The van der Waals surface area contributed by atoms with E-state index in [1.54, 1.807) is 19.9 Å². The fourth-order valence-corrected chi connectivity index (χ4v) is 8.99. The van der Waals surface area contributed by atoms with Crippen LogP contribution in [-0.2, 0) is 19.9 Å². The largest absolute Gasteiger partial charge is 0.347 e. The van der Waals surface area contributed by atoms with Crippen molar-refractivity contribution in [2.75, 3.05) is 37.7 Å². The highest BCUT2D eigenvalue weighted by atomic mass is 32.2. The van der Waals surface area contributed by atoms with Gasteiger partial charge in [-0.2, -0.15) is 4.31 Å². The smallest absolute Gasteiger partial charge is 0.251 e. The number of carbonyl (C=O) groups is 1. The Morgan fingerprint density at radius 1 is 1.03 bits per heavy atom. The standard InChI is InChI=1S/C23H35N3O5S2/c1-16-6-10-26(11-7-16)33(30,31)22-13-19(12-17(2)18(22)3)23(27)24-20-14-32(28,29)15-21(20)25-8-4-5-9-25/h12-13,16,20-21H,4-11,14-15H2,1-3H3,(H,24,27). The zero-order valence-corrected chi connectivity index (χ0v) is 21.3. The first-order chi connectivity index (χ1) is 15.5. The zero-order valence-electron chi connectivity index (χ0n) is 19.7. The van der Waals surface area contributed by atoms with Gasteiger partial charge in [-0.15, -0.1) is 0 Å². The van der Waals surface area contributed by atoms with Crippen molar-refractivity contribution in [2.24, 2.45) is 5.92 Å². The molecule has 184 valence electrons. The van der Waals surface area contributed by atoms with E-state index >= 15 is 0 Å². The molecular weight excluding hydrogens is 462 g/mol. The number of nitrogens with one attached hydrogen (secondary N) is 1. The Labute approximate surface area is 197 Å². The molecule has 1 amide bonds. The number of benzene rings is 1. The summed E-state index contributed by atoms with van der Waals surface area (Å²) in [5, 5.41) is 2.92. The maximum Gasteiger partial charge on any atom is 0.251 e. The number of sulfone groups is 1. The lowest BCUT2D eigenvalue weighted by Gasteiger charge is -2.30. The number of likely N-dealkylation sites (tertiary alicyclic amines) is 1. The van der Waals surface area contributed by atoms with Crippen LogP contribution in [0.5, 0.6) is 0 Å². The number of rotatable bonds is 5. The number of nitrogens with zero attached hydrogens (tertiary/aromatic N) is 2. The molecule has 2 atom stereocenters. The first-order valence-corrected chi connectivity index (χ1v) is 15.1. The van der Waals surface area contributed by atoms with Gasteiger partial charge >= 0.3 is 0 Å². The second-order valence-electron chi connectivity index (χ2n) is 9.97. The second-order valence-corrected chi connectivity index (χ2v) is 14.0. The number of hydrogen-bond donors (Lipinski definition) is 1. The van der Waals surface area contributed by atoms with E-state index in [4.69, 9.17) is 0 Å². The summed E-state index contributed by atoms with van der Waals surface area (Å²) in [5.41, 5.74) is 1.62. The molecule has 0 spiro atoms. The van der Waals surface area contributed by atoms with E-state index < -0.39 is 31.8 Å². The molecule has 10 heteroatoms. The molecule has 3 aliphatic heterocycles. The van der Waals surface area contributed by atoms with Crippen LogP contribution in [0.15, 0.2) is 17.0 Å². The van der Waals surface area contributed by atoms with Crippen LogP contribution in [0.1, 0.15) is 54.1 Å². The summed E-state index contributed by atoms with van der Waals surface area (Å²) in [6.07, 6.45) is 3.71. The van der Waals surface area contributed by atoms with E-state index in [9.17, 15) is 21.6 Å². The molecule has 0 radical (unpaired) electrons. The highest BCUT2D eigenvalue weighted by molar-refractivity contribution is 7.91. The molecule has 3 fully saturated rings. The van der Waals surface area contributed by atoms with Crippen molar-refractivity contribution in [3.05, 3.63) is 28.8 Å². The molecule has 1 aromatic rings. The molecule has 0 aliphatic carbocycles. The first kappa shape index (κ1) is 24.6. The summed E-state index contributed by atoms with van der Waals surface area (Å²) in [6.45, 7) is 8.34. The van der Waals surface area contributed by atoms with E-state index in [0.717, 1.165) is 44.3 Å². The SMILES string of the molecule is Cc1cc(C(=O)NC2CS(=O)(=O)CC2N2CCCC2)cc(S(=O)(=O)N2CCC(C)CC2)c1C. The van der Waals surface area contributed by atoms with Crippen molar-refractivity contribution < 1.29 is 21.6 Å². The van der Waals surface area contributed by atoms with Crippen molar-refractivity contribution in [1.82, 2.24) is 14.5 Å². The van der Waals surface area contributed by atoms with Gasteiger partial charge in [-0.3, -0.25) is 9.69 Å². The monoisotopic (exact) mass is 497 g/mol. The number of sulfonamides is 1. The third kappa shape index (κ3) is 5.13. The van der Waals surface area contributed by atoms with Crippen molar-refractivity contribution >= 4 is 25.8 Å². The quantitative estimate of drug-likeness (QED) is 0.664. The third-order valence-electron chi connectivity index (χ3n) is 7.49. The fourth-order valence-electron chi connectivity index (χ4n) is 5.24. The van der Waals surface area contributed by atoms with E-state index in [1.165, 1.54) is 10.4 Å². The minimum absolute atomic E-state index is 0.0535. The average Bonchev–Trinajstić information content (AvgIpc) is 3.37. The van der Waals surface area contributed by atoms with E-state index in [2.05, 4.69) is 17.1 Å². The van der Waals surface area contributed by atoms with E-state index in [0.29, 0.717) is 24.6 Å². The zero-order chi connectivity index (χ0) is 24.0. The summed E-state index contributed by atoms with van der Waals surface area (Å²) >= 11 is 0. The molecule has 0 saturated carbocycles. The number of amides is 1. The maximum absolute atomic E-state index is 13.4. The van der Waals surface area contributed by atoms with Gasteiger partial charge in [0.25, 0.3) is 5.91 Å². The lowest BCUT2D eigenvalue weighted by Crippen LogP contribution is -2.50. The molecule has 0 aromatic heterocycles. The van der Waals surface area contributed by atoms with Gasteiger partial charge in [0.1, 0.15) is 0 Å². The highest BCUT2D eigenvalue weighted by Crippen LogP contribution is 2.29. The van der Waals surface area contributed by atoms with Gasteiger partial charge in [-0.05, 0) is 81.8 Å². The lowest BCUT2D eigenvalue weighted by atomic mass is 10.0. The van der Waals surface area contributed by atoms with Crippen LogP contribution in [0, 0.1) is 19.8 Å². The van der Waals surface area contributed by atoms with Crippen LogP contribution in [0.2, 0.25) is 0 Å². The van der Waals surface area contributed by atoms with Crippen LogP contribution >= 0.6 is 0 Å². The Bertz CT molecular complexity index is 1120. The molecule has 4 rings (SSSR count). The predicted octanol–water partition coefficient (Wildman–Crippen LogP) is 1.72. The van der Waals surface area contributed by atoms with E-state index in [1.807, 2.05) is 0 Å². The molecule has 8 nitrogen and oxygen atoms in total. The van der Waals surface area contributed by atoms with Gasteiger partial charge in [0.2, 0.25) is 10.0 Å². The van der Waals surface area contributed by atoms with Crippen LogP contribution in [0.25, 0.3) is 0 Å². The Morgan fingerprint density at radius 2 is 1.67 bits per heavy atom. The molecule has 0 bridgehead atoms. The Morgan fingerprint density at radius 3 is 2.30 bits per heavy atom. The minimum Gasteiger partial charge on any atom is -0.347 e. The predicted molar refractivity (Wildman–Crippen MR) is 128 cm³/mol. The van der Waals surface area contributed by atoms with Crippen molar-refractivity contribution in [3.63, 3.8) is 0 Å². The van der Waals surface area contributed by atoms with E-state index in [-0.39, 0.29) is 28.0 Å². The minimum atomic E-state index is -3.72.